The SMILES string of the molecule is COc1cccc(/C=C/c2nc3ccc(N4CCOCC4)cc3c(=O)n2-c2cccc(C)c2)n1. The van der Waals surface area contributed by atoms with Crippen LogP contribution in [0, 0.1) is 6.92 Å². The van der Waals surface area contributed by atoms with Gasteiger partial charge in [-0.1, -0.05) is 18.2 Å². The third-order valence-electron chi connectivity index (χ3n) is 5.87. The van der Waals surface area contributed by atoms with Crippen molar-refractivity contribution < 1.29 is 9.47 Å². The van der Waals surface area contributed by atoms with Gasteiger partial charge in [0.2, 0.25) is 5.88 Å². The molecule has 7 nitrogen and oxygen atoms in total. The summed E-state index contributed by atoms with van der Waals surface area (Å²) in [5.74, 6) is 1.06. The van der Waals surface area contributed by atoms with E-state index in [4.69, 9.17) is 14.5 Å². The molecule has 0 aliphatic carbocycles. The summed E-state index contributed by atoms with van der Waals surface area (Å²) in [5, 5.41) is 0.585. The number of rotatable bonds is 5. The van der Waals surface area contributed by atoms with Crippen molar-refractivity contribution in [3.8, 4) is 11.6 Å². The van der Waals surface area contributed by atoms with Crippen LogP contribution >= 0.6 is 0 Å². The molecule has 2 aromatic carbocycles. The number of aryl methyl sites for hydroxylation is 1. The van der Waals surface area contributed by atoms with Crippen LogP contribution < -0.4 is 15.2 Å². The molecule has 0 saturated carbocycles. The van der Waals surface area contributed by atoms with Gasteiger partial charge in [0.15, 0.2) is 0 Å². The molecule has 0 amide bonds. The quantitative estimate of drug-likeness (QED) is 0.452. The number of ether oxygens (including phenoxy) is 2. The molecule has 0 N–H and O–H groups in total. The number of nitrogens with zero attached hydrogens (tertiary/aromatic N) is 4. The Morgan fingerprint density at radius 2 is 1.76 bits per heavy atom. The fourth-order valence-corrected chi connectivity index (χ4v) is 4.13. The van der Waals surface area contributed by atoms with Gasteiger partial charge in [-0.2, -0.15) is 0 Å². The van der Waals surface area contributed by atoms with E-state index in [2.05, 4.69) is 9.88 Å². The number of fused-ring (bicyclic) bond motifs is 1. The number of aromatic nitrogens is 3. The molecule has 3 heterocycles. The molecule has 1 aliphatic rings. The molecule has 34 heavy (non-hydrogen) atoms. The molecule has 5 rings (SSSR count). The fourth-order valence-electron chi connectivity index (χ4n) is 4.13. The predicted octanol–water partition coefficient (Wildman–Crippen LogP) is 4.10. The molecule has 1 aliphatic heterocycles. The highest BCUT2D eigenvalue weighted by atomic mass is 16.5. The van der Waals surface area contributed by atoms with Gasteiger partial charge in [-0.05, 0) is 61.0 Å². The largest absolute Gasteiger partial charge is 0.481 e. The Morgan fingerprint density at radius 3 is 2.56 bits per heavy atom. The smallest absolute Gasteiger partial charge is 0.266 e. The van der Waals surface area contributed by atoms with Gasteiger partial charge in [0.1, 0.15) is 5.82 Å². The van der Waals surface area contributed by atoms with Gasteiger partial charge in [-0.15, -0.1) is 0 Å². The zero-order valence-corrected chi connectivity index (χ0v) is 19.3. The maximum absolute atomic E-state index is 13.8. The molecule has 1 saturated heterocycles. The standard InChI is InChI=1S/C27H26N4O3/c1-19-5-3-7-22(17-19)31-25(12-9-20-6-4-8-26(28-20)33-2)29-24-11-10-21(18-23(24)27(31)32)30-13-15-34-16-14-30/h3-12,17-18H,13-16H2,1-2H3/b12-9+. The van der Waals surface area contributed by atoms with Crippen molar-refractivity contribution in [1.82, 2.24) is 14.5 Å². The summed E-state index contributed by atoms with van der Waals surface area (Å²) in [6, 6.07) is 19.3. The number of hydrogen-bond acceptors (Lipinski definition) is 6. The Labute approximate surface area is 197 Å². The minimum Gasteiger partial charge on any atom is -0.481 e. The highest BCUT2D eigenvalue weighted by molar-refractivity contribution is 5.83. The third kappa shape index (κ3) is 4.43. The van der Waals surface area contributed by atoms with Crippen LogP contribution in [0.15, 0.2) is 65.5 Å². The van der Waals surface area contributed by atoms with Crippen molar-refractivity contribution in [2.75, 3.05) is 38.3 Å². The van der Waals surface area contributed by atoms with Crippen molar-refractivity contribution >= 4 is 28.7 Å². The van der Waals surface area contributed by atoms with E-state index in [1.807, 2.05) is 73.7 Å². The van der Waals surface area contributed by atoms with Crippen molar-refractivity contribution in [2.45, 2.75) is 6.92 Å². The van der Waals surface area contributed by atoms with Crippen molar-refractivity contribution in [2.24, 2.45) is 0 Å². The highest BCUT2D eigenvalue weighted by Gasteiger charge is 2.16. The molecule has 0 spiro atoms. The van der Waals surface area contributed by atoms with Crippen molar-refractivity contribution in [3.63, 3.8) is 0 Å². The van der Waals surface area contributed by atoms with Crippen LogP contribution in [0.1, 0.15) is 17.1 Å². The molecule has 7 heteroatoms. The molecule has 0 atom stereocenters. The molecular weight excluding hydrogens is 428 g/mol. The second kappa shape index (κ2) is 9.49. The van der Waals surface area contributed by atoms with Crippen LogP contribution in [0.3, 0.4) is 0 Å². The van der Waals surface area contributed by atoms with Gasteiger partial charge in [-0.3, -0.25) is 9.36 Å². The molecular formula is C27H26N4O3. The Bertz CT molecular complexity index is 1420. The van der Waals surface area contributed by atoms with E-state index in [9.17, 15) is 4.79 Å². The highest BCUT2D eigenvalue weighted by Crippen LogP contribution is 2.22. The monoisotopic (exact) mass is 454 g/mol. The average molecular weight is 455 g/mol. The number of hydrogen-bond donors (Lipinski definition) is 0. The topological polar surface area (TPSA) is 69.5 Å². The fraction of sp³-hybridized carbons (Fsp3) is 0.222. The van der Waals surface area contributed by atoms with E-state index in [0.717, 1.165) is 30.0 Å². The van der Waals surface area contributed by atoms with Crippen molar-refractivity contribution in [1.29, 1.82) is 0 Å². The van der Waals surface area contributed by atoms with Crippen LogP contribution in [0.2, 0.25) is 0 Å². The second-order valence-corrected chi connectivity index (χ2v) is 8.19. The molecule has 2 aromatic heterocycles. The Kier molecular flexibility index (Phi) is 6.10. The van der Waals surface area contributed by atoms with Gasteiger partial charge in [-0.25, -0.2) is 9.97 Å². The minimum atomic E-state index is -0.107. The Balaban J connectivity index is 1.66. The van der Waals surface area contributed by atoms with Gasteiger partial charge in [0.05, 0.1) is 42.6 Å². The van der Waals surface area contributed by atoms with E-state index >= 15 is 0 Å². The molecule has 0 radical (unpaired) electrons. The van der Waals surface area contributed by atoms with E-state index in [1.165, 1.54) is 0 Å². The summed E-state index contributed by atoms with van der Waals surface area (Å²) in [6.07, 6.45) is 3.66. The van der Waals surface area contributed by atoms with Crippen LogP contribution in [0.25, 0.3) is 28.7 Å². The number of morpholine rings is 1. The summed E-state index contributed by atoms with van der Waals surface area (Å²) >= 11 is 0. The van der Waals surface area contributed by atoms with Gasteiger partial charge in [0.25, 0.3) is 5.56 Å². The number of methoxy groups -OCH3 is 1. The Morgan fingerprint density at radius 1 is 0.941 bits per heavy atom. The van der Waals surface area contributed by atoms with Crippen LogP contribution in [-0.2, 0) is 4.74 Å². The Hall–Kier alpha value is -3.97. The lowest BCUT2D eigenvalue weighted by atomic mass is 10.1. The van der Waals surface area contributed by atoms with Gasteiger partial charge in [0, 0.05) is 24.8 Å². The van der Waals surface area contributed by atoms with Gasteiger partial charge >= 0.3 is 0 Å². The molecule has 4 aromatic rings. The maximum Gasteiger partial charge on any atom is 0.266 e. The first-order valence-corrected chi connectivity index (χ1v) is 11.3. The summed E-state index contributed by atoms with van der Waals surface area (Å²) in [6.45, 7) is 4.99. The van der Waals surface area contributed by atoms with E-state index < -0.39 is 0 Å². The van der Waals surface area contributed by atoms with E-state index in [1.54, 1.807) is 17.7 Å². The first-order chi connectivity index (χ1) is 16.6. The third-order valence-corrected chi connectivity index (χ3v) is 5.87. The van der Waals surface area contributed by atoms with Crippen molar-refractivity contribution in [3.05, 3.63) is 88.1 Å². The maximum atomic E-state index is 13.8. The summed E-state index contributed by atoms with van der Waals surface area (Å²) in [7, 11) is 1.58. The first kappa shape index (κ1) is 21.9. The molecule has 0 unspecified atom stereocenters. The average Bonchev–Trinajstić information content (AvgIpc) is 2.88. The lowest BCUT2D eigenvalue weighted by Crippen LogP contribution is -2.36. The summed E-state index contributed by atoms with van der Waals surface area (Å²) < 4.78 is 12.4. The molecule has 1 fully saturated rings. The van der Waals surface area contributed by atoms with Crippen LogP contribution in [0.5, 0.6) is 5.88 Å². The predicted molar refractivity (Wildman–Crippen MR) is 135 cm³/mol. The van der Waals surface area contributed by atoms with E-state index in [-0.39, 0.29) is 5.56 Å². The normalized spacial score (nSPS) is 14.1. The minimum absolute atomic E-state index is 0.107. The summed E-state index contributed by atoms with van der Waals surface area (Å²) in [4.78, 5) is 25.3. The lowest BCUT2D eigenvalue weighted by Gasteiger charge is -2.29. The second-order valence-electron chi connectivity index (χ2n) is 8.19. The summed E-state index contributed by atoms with van der Waals surface area (Å²) in [5.41, 5.74) is 4.11. The lowest BCUT2D eigenvalue weighted by molar-refractivity contribution is 0.122. The molecule has 172 valence electrons. The van der Waals surface area contributed by atoms with E-state index in [0.29, 0.717) is 41.5 Å². The zero-order valence-electron chi connectivity index (χ0n) is 19.3. The van der Waals surface area contributed by atoms with Gasteiger partial charge < -0.3 is 14.4 Å². The number of benzene rings is 2. The zero-order chi connectivity index (χ0) is 23.5. The number of pyridine rings is 1. The van der Waals surface area contributed by atoms with Crippen LogP contribution in [-0.4, -0.2) is 47.9 Å². The first-order valence-electron chi connectivity index (χ1n) is 11.3. The van der Waals surface area contributed by atoms with Crippen LogP contribution in [0.4, 0.5) is 5.69 Å². The number of anilines is 1. The molecule has 0 bridgehead atoms.